The summed E-state index contributed by atoms with van der Waals surface area (Å²) in [6.07, 6.45) is 3.28. The van der Waals surface area contributed by atoms with E-state index < -0.39 is 0 Å². The fourth-order valence-electron chi connectivity index (χ4n) is 4.16. The largest absolute Gasteiger partial charge is 0.343 e. The van der Waals surface area contributed by atoms with Gasteiger partial charge < -0.3 is 4.90 Å². The van der Waals surface area contributed by atoms with E-state index in [1.54, 1.807) is 11.3 Å². The van der Waals surface area contributed by atoms with E-state index in [-0.39, 0.29) is 11.5 Å². The fourth-order valence-corrected chi connectivity index (χ4v) is 5.07. The Labute approximate surface area is 175 Å². The second-order valence-electron chi connectivity index (χ2n) is 7.94. The minimum atomic E-state index is 0.0397. The Kier molecular flexibility index (Phi) is 5.81. The van der Waals surface area contributed by atoms with Crippen LogP contribution in [-0.4, -0.2) is 33.4 Å². The Hall–Kier alpha value is -2.47. The van der Waals surface area contributed by atoms with Crippen LogP contribution < -0.4 is 5.56 Å². The molecule has 4 rings (SSSR count). The molecule has 0 aliphatic carbocycles. The molecule has 6 heteroatoms. The normalized spacial score (nSPS) is 15.2. The number of hydrogen-bond acceptors (Lipinski definition) is 4. The molecule has 0 spiro atoms. The highest BCUT2D eigenvalue weighted by Gasteiger charge is 2.24. The Morgan fingerprint density at radius 3 is 2.66 bits per heavy atom. The molecular weight excluding hydrogens is 382 g/mol. The van der Waals surface area contributed by atoms with Gasteiger partial charge in [0, 0.05) is 30.9 Å². The van der Waals surface area contributed by atoms with Crippen LogP contribution in [0, 0.1) is 19.8 Å². The lowest BCUT2D eigenvalue weighted by molar-refractivity contribution is -0.132. The average molecular weight is 410 g/mol. The molecule has 0 saturated carbocycles. The molecule has 1 aliphatic rings. The second-order valence-corrected chi connectivity index (χ2v) is 8.94. The highest BCUT2D eigenvalue weighted by atomic mass is 32.1. The topological polar surface area (TPSA) is 55.2 Å². The van der Waals surface area contributed by atoms with Gasteiger partial charge in [-0.1, -0.05) is 12.1 Å². The van der Waals surface area contributed by atoms with E-state index >= 15 is 0 Å². The van der Waals surface area contributed by atoms with E-state index in [2.05, 4.69) is 23.4 Å². The summed E-state index contributed by atoms with van der Waals surface area (Å²) in [5.74, 6) is 1.41. The van der Waals surface area contributed by atoms with Crippen molar-refractivity contribution in [2.45, 2.75) is 46.1 Å². The van der Waals surface area contributed by atoms with Gasteiger partial charge in [0.1, 0.15) is 5.82 Å². The van der Waals surface area contributed by atoms with Crippen molar-refractivity contribution in [1.29, 1.82) is 0 Å². The van der Waals surface area contributed by atoms with Gasteiger partial charge >= 0.3 is 0 Å². The summed E-state index contributed by atoms with van der Waals surface area (Å²) in [5.41, 5.74) is 2.08. The maximum Gasteiger partial charge on any atom is 0.261 e. The number of para-hydroxylation sites is 1. The SMILES string of the molecule is Cc1ccsc1CCC(=O)N1CCC(Cn2c(C)nc3ccccc3c2=O)CC1. The zero-order chi connectivity index (χ0) is 20.4. The predicted octanol–water partition coefficient (Wildman–Crippen LogP) is 3.95. The first-order valence-corrected chi connectivity index (χ1v) is 11.2. The summed E-state index contributed by atoms with van der Waals surface area (Å²) in [5, 5.41) is 2.77. The molecule has 1 amide bonds. The van der Waals surface area contributed by atoms with E-state index in [1.165, 1.54) is 10.4 Å². The van der Waals surface area contributed by atoms with Crippen molar-refractivity contribution >= 4 is 28.1 Å². The molecule has 3 heterocycles. The van der Waals surface area contributed by atoms with Gasteiger partial charge in [-0.05, 0) is 68.2 Å². The second kappa shape index (κ2) is 8.49. The van der Waals surface area contributed by atoms with E-state index in [9.17, 15) is 9.59 Å². The number of fused-ring (bicyclic) bond motifs is 1. The van der Waals surface area contributed by atoms with Crippen LogP contribution in [-0.2, 0) is 17.8 Å². The number of aryl methyl sites for hydroxylation is 3. The minimum Gasteiger partial charge on any atom is -0.343 e. The lowest BCUT2D eigenvalue weighted by Crippen LogP contribution is -2.40. The summed E-state index contributed by atoms with van der Waals surface area (Å²) in [6.45, 7) is 6.24. The summed E-state index contributed by atoms with van der Waals surface area (Å²) >= 11 is 1.73. The number of piperidine rings is 1. The van der Waals surface area contributed by atoms with Gasteiger partial charge in [0.25, 0.3) is 5.56 Å². The van der Waals surface area contributed by atoms with Crippen LogP contribution in [0.1, 0.15) is 35.5 Å². The number of hydrogen-bond donors (Lipinski definition) is 0. The number of carbonyl (C=O) groups excluding carboxylic acids is 1. The van der Waals surface area contributed by atoms with Crippen LogP contribution >= 0.6 is 11.3 Å². The van der Waals surface area contributed by atoms with E-state index in [0.717, 1.165) is 43.7 Å². The van der Waals surface area contributed by atoms with Crippen molar-refractivity contribution in [2.24, 2.45) is 5.92 Å². The lowest BCUT2D eigenvalue weighted by Gasteiger charge is -2.32. The first-order chi connectivity index (χ1) is 14.0. The summed E-state index contributed by atoms with van der Waals surface area (Å²) in [7, 11) is 0. The van der Waals surface area contributed by atoms with Crippen molar-refractivity contribution in [3.8, 4) is 0 Å². The number of nitrogens with zero attached hydrogens (tertiary/aromatic N) is 3. The van der Waals surface area contributed by atoms with Gasteiger partial charge in [0.2, 0.25) is 5.91 Å². The molecule has 0 atom stereocenters. The third kappa shape index (κ3) is 4.27. The molecule has 152 valence electrons. The first kappa shape index (κ1) is 19.8. The van der Waals surface area contributed by atoms with Gasteiger partial charge in [-0.3, -0.25) is 14.2 Å². The summed E-state index contributed by atoms with van der Waals surface area (Å²) in [6, 6.07) is 9.63. The van der Waals surface area contributed by atoms with E-state index in [4.69, 9.17) is 0 Å². The van der Waals surface area contributed by atoms with Gasteiger partial charge in [0.15, 0.2) is 0 Å². The Morgan fingerprint density at radius 2 is 1.93 bits per heavy atom. The van der Waals surface area contributed by atoms with Gasteiger partial charge in [-0.15, -0.1) is 11.3 Å². The van der Waals surface area contributed by atoms with Crippen molar-refractivity contribution < 1.29 is 4.79 Å². The molecule has 2 aromatic heterocycles. The number of amides is 1. The van der Waals surface area contributed by atoms with Crippen LogP contribution in [0.4, 0.5) is 0 Å². The molecule has 1 aromatic carbocycles. The molecule has 0 unspecified atom stereocenters. The molecule has 3 aromatic rings. The van der Waals surface area contributed by atoms with Crippen molar-refractivity contribution in [3.63, 3.8) is 0 Å². The zero-order valence-electron chi connectivity index (χ0n) is 17.1. The Balaban J connectivity index is 1.35. The molecule has 1 aliphatic heterocycles. The van der Waals surface area contributed by atoms with Crippen molar-refractivity contribution in [1.82, 2.24) is 14.5 Å². The molecule has 5 nitrogen and oxygen atoms in total. The molecule has 0 bridgehead atoms. The third-order valence-corrected chi connectivity index (χ3v) is 7.08. The van der Waals surface area contributed by atoms with Crippen molar-refractivity contribution in [3.05, 3.63) is 62.3 Å². The van der Waals surface area contributed by atoms with E-state index in [1.807, 2.05) is 40.7 Å². The monoisotopic (exact) mass is 409 g/mol. The highest BCUT2D eigenvalue weighted by Crippen LogP contribution is 2.22. The Morgan fingerprint density at radius 1 is 1.17 bits per heavy atom. The molecule has 29 heavy (non-hydrogen) atoms. The van der Waals surface area contributed by atoms with Gasteiger partial charge in [-0.2, -0.15) is 0 Å². The number of benzene rings is 1. The third-order valence-electron chi connectivity index (χ3n) is 5.99. The molecule has 0 N–H and O–H groups in total. The minimum absolute atomic E-state index is 0.0397. The first-order valence-electron chi connectivity index (χ1n) is 10.3. The highest BCUT2D eigenvalue weighted by molar-refractivity contribution is 7.10. The summed E-state index contributed by atoms with van der Waals surface area (Å²) in [4.78, 5) is 33.4. The smallest absolute Gasteiger partial charge is 0.261 e. The molecule has 0 radical (unpaired) electrons. The molecular formula is C23H27N3O2S. The molecule has 1 saturated heterocycles. The maximum absolute atomic E-state index is 12.9. The number of aromatic nitrogens is 2. The Bertz CT molecular complexity index is 1080. The van der Waals surface area contributed by atoms with Gasteiger partial charge in [0.05, 0.1) is 10.9 Å². The maximum atomic E-state index is 12.9. The molecule has 1 fully saturated rings. The predicted molar refractivity (Wildman–Crippen MR) is 117 cm³/mol. The fraction of sp³-hybridized carbons (Fsp3) is 0.435. The van der Waals surface area contributed by atoms with Crippen LogP contribution in [0.25, 0.3) is 10.9 Å². The van der Waals surface area contributed by atoms with Crippen LogP contribution in [0.3, 0.4) is 0 Å². The zero-order valence-corrected chi connectivity index (χ0v) is 17.9. The van der Waals surface area contributed by atoms with E-state index in [0.29, 0.717) is 24.3 Å². The van der Waals surface area contributed by atoms with Crippen LogP contribution in [0.2, 0.25) is 0 Å². The van der Waals surface area contributed by atoms with Crippen molar-refractivity contribution in [2.75, 3.05) is 13.1 Å². The number of likely N-dealkylation sites (tertiary alicyclic amines) is 1. The number of rotatable bonds is 5. The summed E-state index contributed by atoms with van der Waals surface area (Å²) < 4.78 is 1.81. The van der Waals surface area contributed by atoms with Gasteiger partial charge in [-0.25, -0.2) is 4.98 Å². The quantitative estimate of drug-likeness (QED) is 0.641. The van der Waals surface area contributed by atoms with Crippen LogP contribution in [0.5, 0.6) is 0 Å². The number of carbonyl (C=O) groups is 1. The van der Waals surface area contributed by atoms with Crippen LogP contribution in [0.15, 0.2) is 40.5 Å². The lowest BCUT2D eigenvalue weighted by atomic mass is 9.96. The average Bonchev–Trinajstić information content (AvgIpc) is 3.14. The number of thiophene rings is 1. The standard InChI is InChI=1S/C23H27N3O2S/c1-16-11-14-29-21(16)7-8-22(27)25-12-9-18(10-13-25)15-26-17(2)24-20-6-4-3-5-19(20)23(26)28/h3-6,11,14,18H,7-10,12-13,15H2,1-2H3.